The summed E-state index contributed by atoms with van der Waals surface area (Å²) in [6, 6.07) is 8.97. The number of carbonyl (C=O) groups excluding carboxylic acids is 2. The van der Waals surface area contributed by atoms with Crippen LogP contribution in [0.5, 0.6) is 11.5 Å². The number of hydrogen-bond donors (Lipinski definition) is 1. The van der Waals surface area contributed by atoms with Crippen molar-refractivity contribution in [2.45, 2.75) is 13.8 Å². The summed E-state index contributed by atoms with van der Waals surface area (Å²) in [4.78, 5) is 26.0. The van der Waals surface area contributed by atoms with Crippen molar-refractivity contribution in [3.63, 3.8) is 0 Å². The van der Waals surface area contributed by atoms with Gasteiger partial charge in [0.1, 0.15) is 0 Å². The van der Waals surface area contributed by atoms with Gasteiger partial charge in [-0.1, -0.05) is 27.5 Å². The summed E-state index contributed by atoms with van der Waals surface area (Å²) < 4.78 is 11.7. The monoisotopic (exact) mass is 494 g/mol. The Kier molecular flexibility index (Phi) is 8.74. The number of amides is 2. The normalized spacial score (nSPS) is 10.7. The molecule has 0 aliphatic carbocycles. The summed E-state index contributed by atoms with van der Waals surface area (Å²) in [5, 5.41) is 3.20. The smallest absolute Gasteiger partial charge is 0.246 e. The lowest BCUT2D eigenvalue weighted by Gasteiger charge is -2.16. The predicted molar refractivity (Wildman–Crippen MR) is 123 cm³/mol. The van der Waals surface area contributed by atoms with E-state index in [-0.39, 0.29) is 18.4 Å². The van der Waals surface area contributed by atoms with Crippen LogP contribution in [0.3, 0.4) is 0 Å². The number of nitrogens with zero attached hydrogens (tertiary/aromatic N) is 1. The van der Waals surface area contributed by atoms with Crippen LogP contribution in [-0.4, -0.2) is 44.0 Å². The predicted octanol–water partition coefficient (Wildman–Crippen LogP) is 4.93. The molecule has 0 fully saturated rings. The number of rotatable bonds is 8. The molecule has 8 heteroatoms. The molecule has 0 saturated carbocycles. The molecular weight excluding hydrogens is 472 g/mol. The van der Waals surface area contributed by atoms with Crippen molar-refractivity contribution in [2.75, 3.05) is 32.6 Å². The molecule has 0 radical (unpaired) electrons. The molecule has 0 heterocycles. The molecule has 2 aromatic carbocycles. The Morgan fingerprint density at radius 1 is 1.27 bits per heavy atom. The molecule has 0 unspecified atom stereocenters. The molecule has 2 amide bonds. The van der Waals surface area contributed by atoms with Gasteiger partial charge in [0.25, 0.3) is 0 Å². The summed E-state index contributed by atoms with van der Waals surface area (Å²) in [7, 11) is 3.08. The maximum atomic E-state index is 12.4. The average Bonchev–Trinajstić information content (AvgIpc) is 2.69. The first kappa shape index (κ1) is 23.8. The average molecular weight is 496 g/mol. The number of nitrogens with one attached hydrogen (secondary N) is 1. The number of methoxy groups -OCH3 is 1. The second-order valence-electron chi connectivity index (χ2n) is 6.50. The van der Waals surface area contributed by atoms with Crippen LogP contribution in [0.15, 0.2) is 40.9 Å². The lowest BCUT2D eigenvalue weighted by molar-refractivity contribution is -0.129. The lowest BCUT2D eigenvalue weighted by Crippen LogP contribution is -2.34. The molecule has 0 saturated heterocycles. The Hall–Kier alpha value is -2.51. The molecule has 0 atom stereocenters. The molecule has 0 aliphatic rings. The summed E-state index contributed by atoms with van der Waals surface area (Å²) >= 11 is 9.64. The van der Waals surface area contributed by atoms with Crippen molar-refractivity contribution < 1.29 is 19.1 Å². The van der Waals surface area contributed by atoms with E-state index in [9.17, 15) is 9.59 Å². The minimum Gasteiger partial charge on any atom is -0.493 e. The van der Waals surface area contributed by atoms with Gasteiger partial charge in [-0.05, 0) is 61.4 Å². The number of benzene rings is 2. The Morgan fingerprint density at radius 2 is 2.00 bits per heavy atom. The highest BCUT2D eigenvalue weighted by atomic mass is 79.9. The van der Waals surface area contributed by atoms with Gasteiger partial charge in [0.05, 0.1) is 25.3 Å². The largest absolute Gasteiger partial charge is 0.493 e. The zero-order chi connectivity index (χ0) is 22.3. The van der Waals surface area contributed by atoms with Crippen LogP contribution in [0.2, 0.25) is 5.02 Å². The van der Waals surface area contributed by atoms with Gasteiger partial charge < -0.3 is 19.7 Å². The van der Waals surface area contributed by atoms with E-state index in [0.717, 1.165) is 10.0 Å². The molecule has 0 aromatic heterocycles. The standard InChI is InChI=1S/C22H24BrClN2O4/c1-5-30-22-17(24)11-15(12-19(22)29-4)6-9-21(28)26(3)13-20(27)25-18-8-7-16(23)10-14(18)2/h6-12H,5,13H2,1-4H3,(H,25,27). The van der Waals surface area contributed by atoms with Gasteiger partial charge in [0.2, 0.25) is 11.8 Å². The van der Waals surface area contributed by atoms with Crippen LogP contribution in [0.25, 0.3) is 6.08 Å². The van der Waals surface area contributed by atoms with Gasteiger partial charge in [-0.3, -0.25) is 9.59 Å². The zero-order valence-electron chi connectivity index (χ0n) is 17.3. The fourth-order valence-electron chi connectivity index (χ4n) is 2.67. The molecule has 2 aromatic rings. The van der Waals surface area contributed by atoms with Crippen molar-refractivity contribution in [3.8, 4) is 11.5 Å². The Balaban J connectivity index is 2.02. The number of aryl methyl sites for hydroxylation is 1. The number of anilines is 1. The molecule has 2 rings (SSSR count). The fourth-order valence-corrected chi connectivity index (χ4v) is 3.41. The van der Waals surface area contributed by atoms with E-state index in [1.165, 1.54) is 18.1 Å². The molecule has 1 N–H and O–H groups in total. The van der Waals surface area contributed by atoms with Gasteiger partial charge in [0.15, 0.2) is 11.5 Å². The van der Waals surface area contributed by atoms with Gasteiger partial charge in [-0.25, -0.2) is 0 Å². The number of hydrogen-bond acceptors (Lipinski definition) is 4. The number of carbonyl (C=O) groups is 2. The second-order valence-corrected chi connectivity index (χ2v) is 7.83. The maximum absolute atomic E-state index is 12.4. The summed E-state index contributed by atoms with van der Waals surface area (Å²) in [6.07, 6.45) is 2.99. The molecule has 6 nitrogen and oxygen atoms in total. The highest BCUT2D eigenvalue weighted by molar-refractivity contribution is 9.10. The minimum atomic E-state index is -0.318. The van der Waals surface area contributed by atoms with E-state index in [0.29, 0.717) is 34.4 Å². The van der Waals surface area contributed by atoms with Crippen molar-refractivity contribution in [1.29, 1.82) is 0 Å². The molecule has 0 spiro atoms. The van der Waals surface area contributed by atoms with E-state index in [4.69, 9.17) is 21.1 Å². The third-order valence-electron chi connectivity index (χ3n) is 4.18. The molecule has 160 valence electrons. The van der Waals surface area contributed by atoms with Crippen molar-refractivity contribution in [3.05, 3.63) is 57.0 Å². The topological polar surface area (TPSA) is 67.9 Å². The van der Waals surface area contributed by atoms with Gasteiger partial charge >= 0.3 is 0 Å². The first-order chi connectivity index (χ1) is 14.2. The first-order valence-electron chi connectivity index (χ1n) is 9.24. The van der Waals surface area contributed by atoms with Crippen LogP contribution < -0.4 is 14.8 Å². The Bertz CT molecular complexity index is 962. The minimum absolute atomic E-state index is 0.0773. The highest BCUT2D eigenvalue weighted by Crippen LogP contribution is 2.36. The van der Waals surface area contributed by atoms with Gasteiger partial charge in [0, 0.05) is 23.3 Å². The quantitative estimate of drug-likeness (QED) is 0.527. The summed E-state index contributed by atoms with van der Waals surface area (Å²) in [6.45, 7) is 4.13. The third kappa shape index (κ3) is 6.50. The second kappa shape index (κ2) is 11.0. The van der Waals surface area contributed by atoms with E-state index in [1.54, 1.807) is 25.3 Å². The molecule has 0 aliphatic heterocycles. The van der Waals surface area contributed by atoms with E-state index in [1.807, 2.05) is 32.0 Å². The van der Waals surface area contributed by atoms with Crippen molar-refractivity contribution >= 4 is 51.1 Å². The number of halogens is 2. The maximum Gasteiger partial charge on any atom is 0.246 e. The fraction of sp³-hybridized carbons (Fsp3) is 0.273. The third-order valence-corrected chi connectivity index (χ3v) is 4.95. The van der Waals surface area contributed by atoms with Crippen molar-refractivity contribution in [1.82, 2.24) is 4.90 Å². The number of ether oxygens (including phenoxy) is 2. The van der Waals surface area contributed by atoms with E-state index < -0.39 is 0 Å². The van der Waals surface area contributed by atoms with Crippen LogP contribution in [0, 0.1) is 6.92 Å². The molecule has 30 heavy (non-hydrogen) atoms. The van der Waals surface area contributed by atoms with Gasteiger partial charge in [-0.15, -0.1) is 0 Å². The van der Waals surface area contributed by atoms with Crippen LogP contribution in [0.1, 0.15) is 18.1 Å². The van der Waals surface area contributed by atoms with Crippen LogP contribution >= 0.6 is 27.5 Å². The lowest BCUT2D eigenvalue weighted by atomic mass is 10.2. The summed E-state index contributed by atoms with van der Waals surface area (Å²) in [5.41, 5.74) is 2.31. The Morgan fingerprint density at radius 3 is 2.63 bits per heavy atom. The highest BCUT2D eigenvalue weighted by Gasteiger charge is 2.13. The Labute approximate surface area is 189 Å². The SMILES string of the molecule is CCOc1c(Cl)cc(C=CC(=O)N(C)CC(=O)Nc2ccc(Br)cc2C)cc1OC. The summed E-state index contributed by atoms with van der Waals surface area (Å²) in [5.74, 6) is 0.341. The van der Waals surface area contributed by atoms with Crippen molar-refractivity contribution in [2.24, 2.45) is 0 Å². The van der Waals surface area contributed by atoms with E-state index >= 15 is 0 Å². The first-order valence-corrected chi connectivity index (χ1v) is 10.4. The zero-order valence-corrected chi connectivity index (χ0v) is 19.6. The molecular formula is C22H24BrClN2O4. The van der Waals surface area contributed by atoms with E-state index in [2.05, 4.69) is 21.2 Å². The number of likely N-dealkylation sites (N-methyl/N-ethyl adjacent to an activating group) is 1. The van der Waals surface area contributed by atoms with Gasteiger partial charge in [-0.2, -0.15) is 0 Å². The van der Waals surface area contributed by atoms with Crippen LogP contribution in [0.4, 0.5) is 5.69 Å². The van der Waals surface area contributed by atoms with Crippen LogP contribution in [-0.2, 0) is 9.59 Å². The molecule has 0 bridgehead atoms.